The summed E-state index contributed by atoms with van der Waals surface area (Å²) >= 11 is 0. The van der Waals surface area contributed by atoms with E-state index < -0.39 is 17.2 Å². The van der Waals surface area contributed by atoms with E-state index in [1.807, 2.05) is 46.8 Å². The molecule has 0 aliphatic heterocycles. The number of amides is 1. The number of rotatable bonds is 8. The molecule has 0 saturated heterocycles. The molecule has 3 N–H and O–H groups in total. The molecule has 0 unspecified atom stereocenters. The minimum atomic E-state index is -0.531. The molecule has 0 fully saturated rings. The molecular weight excluding hydrogens is 358 g/mol. The average molecular weight is 394 g/mol. The number of nitrogens with zero attached hydrogens (tertiary/aromatic N) is 2. The number of hydrogen-bond donors (Lipinski definition) is 3. The maximum Gasteiger partial charge on any atom is 0.408 e. The van der Waals surface area contributed by atoms with Crippen molar-refractivity contribution in [2.24, 2.45) is 4.99 Å². The van der Waals surface area contributed by atoms with Gasteiger partial charge in [-0.05, 0) is 46.6 Å². The van der Waals surface area contributed by atoms with Crippen molar-refractivity contribution in [2.75, 3.05) is 20.2 Å². The van der Waals surface area contributed by atoms with E-state index in [1.165, 1.54) is 0 Å². The van der Waals surface area contributed by atoms with Crippen LogP contribution in [0.2, 0.25) is 0 Å². The average Bonchev–Trinajstić information content (AvgIpc) is 2.58. The molecule has 0 saturated carbocycles. The number of nitrogens with one attached hydrogen (secondary N) is 3. The normalized spacial score (nSPS) is 12.3. The Labute approximate surface area is 168 Å². The van der Waals surface area contributed by atoms with Gasteiger partial charge in [0.2, 0.25) is 5.88 Å². The van der Waals surface area contributed by atoms with Crippen LogP contribution in [-0.2, 0) is 11.3 Å². The van der Waals surface area contributed by atoms with Gasteiger partial charge in [-0.3, -0.25) is 4.99 Å². The van der Waals surface area contributed by atoms with Crippen molar-refractivity contribution in [1.82, 2.24) is 20.9 Å². The predicted octanol–water partition coefficient (Wildman–Crippen LogP) is 2.84. The number of hydrogen-bond acceptors (Lipinski definition) is 5. The molecule has 1 aromatic rings. The Bertz CT molecular complexity index is 636. The lowest BCUT2D eigenvalue weighted by Gasteiger charge is -2.29. The highest BCUT2D eigenvalue weighted by Gasteiger charge is 2.24. The van der Waals surface area contributed by atoms with Crippen LogP contribution in [0, 0.1) is 0 Å². The molecule has 0 bridgehead atoms. The zero-order valence-electron chi connectivity index (χ0n) is 18.2. The van der Waals surface area contributed by atoms with Crippen molar-refractivity contribution >= 4 is 12.1 Å². The fourth-order valence-corrected chi connectivity index (χ4v) is 2.14. The summed E-state index contributed by atoms with van der Waals surface area (Å²) in [5.41, 5.74) is -0.0335. The van der Waals surface area contributed by atoms with Crippen molar-refractivity contribution in [3.63, 3.8) is 0 Å². The summed E-state index contributed by atoms with van der Waals surface area (Å²) < 4.78 is 10.8. The van der Waals surface area contributed by atoms with E-state index in [4.69, 9.17) is 9.47 Å². The number of guanidine groups is 1. The van der Waals surface area contributed by atoms with Crippen molar-refractivity contribution in [2.45, 2.75) is 65.6 Å². The molecule has 0 aromatic carbocycles. The van der Waals surface area contributed by atoms with E-state index in [0.29, 0.717) is 31.5 Å². The van der Waals surface area contributed by atoms with Crippen LogP contribution in [0.15, 0.2) is 23.3 Å². The number of ether oxygens (including phenoxy) is 2. The van der Waals surface area contributed by atoms with E-state index in [9.17, 15) is 4.79 Å². The van der Waals surface area contributed by atoms with Crippen LogP contribution in [0.3, 0.4) is 0 Å². The number of carbonyl (C=O) groups excluding carboxylic acids is 1. The van der Waals surface area contributed by atoms with Crippen LogP contribution in [0.4, 0.5) is 4.79 Å². The molecule has 0 aliphatic carbocycles. The highest BCUT2D eigenvalue weighted by molar-refractivity contribution is 5.79. The third kappa shape index (κ3) is 9.99. The Balaban J connectivity index is 2.46. The van der Waals surface area contributed by atoms with Gasteiger partial charge in [0, 0.05) is 32.4 Å². The summed E-state index contributed by atoms with van der Waals surface area (Å²) in [6, 6.07) is 3.82. The summed E-state index contributed by atoms with van der Waals surface area (Å²) in [4.78, 5) is 20.5. The van der Waals surface area contributed by atoms with E-state index in [2.05, 4.69) is 32.9 Å². The predicted molar refractivity (Wildman–Crippen MR) is 112 cm³/mol. The molecule has 1 heterocycles. The third-order valence-corrected chi connectivity index (χ3v) is 3.47. The number of pyridine rings is 1. The smallest absolute Gasteiger partial charge is 0.408 e. The van der Waals surface area contributed by atoms with Crippen LogP contribution in [-0.4, -0.2) is 48.4 Å². The minimum absolute atomic E-state index is 0.446. The molecule has 8 nitrogen and oxygen atoms in total. The summed E-state index contributed by atoms with van der Waals surface area (Å²) in [5, 5.41) is 9.30. The van der Waals surface area contributed by atoms with Crippen molar-refractivity contribution < 1.29 is 14.3 Å². The van der Waals surface area contributed by atoms with E-state index in [0.717, 1.165) is 12.0 Å². The second-order valence-electron chi connectivity index (χ2n) is 8.14. The number of carbonyl (C=O) groups is 1. The van der Waals surface area contributed by atoms with Gasteiger partial charge in [0.25, 0.3) is 0 Å². The van der Waals surface area contributed by atoms with Crippen LogP contribution in [0.25, 0.3) is 0 Å². The largest absolute Gasteiger partial charge is 0.478 e. The Morgan fingerprint density at radius 2 is 1.89 bits per heavy atom. The fraction of sp³-hybridized carbons (Fsp3) is 0.650. The molecule has 1 rings (SSSR count). The molecule has 8 heteroatoms. The standard InChI is InChI=1S/C20H35N5O3/c1-8-11-27-16-10-9-15(12-22-16)13-23-17(21-7)24-14-20(5,6)25-18(26)28-19(2,3)4/h9-10,12H,8,11,13-14H2,1-7H3,(H,25,26)(H2,21,23,24). The lowest BCUT2D eigenvalue weighted by atomic mass is 10.1. The molecular formula is C20H35N5O3. The summed E-state index contributed by atoms with van der Waals surface area (Å²) in [7, 11) is 1.70. The Hall–Kier alpha value is -2.51. The van der Waals surface area contributed by atoms with Gasteiger partial charge in [0.15, 0.2) is 5.96 Å². The van der Waals surface area contributed by atoms with Gasteiger partial charge < -0.3 is 25.4 Å². The fourth-order valence-electron chi connectivity index (χ4n) is 2.14. The Morgan fingerprint density at radius 1 is 1.18 bits per heavy atom. The van der Waals surface area contributed by atoms with Crippen LogP contribution in [0.5, 0.6) is 5.88 Å². The van der Waals surface area contributed by atoms with Crippen molar-refractivity contribution in [3.05, 3.63) is 23.9 Å². The minimum Gasteiger partial charge on any atom is -0.478 e. The first-order valence-corrected chi connectivity index (χ1v) is 9.58. The first-order chi connectivity index (χ1) is 13.0. The van der Waals surface area contributed by atoms with E-state index in [1.54, 1.807) is 13.2 Å². The first kappa shape index (κ1) is 23.5. The van der Waals surface area contributed by atoms with Gasteiger partial charge in [-0.2, -0.15) is 0 Å². The molecule has 28 heavy (non-hydrogen) atoms. The highest BCUT2D eigenvalue weighted by atomic mass is 16.6. The quantitative estimate of drug-likeness (QED) is 0.464. The molecule has 1 aromatic heterocycles. The number of aliphatic imine (C=N–C) groups is 1. The third-order valence-electron chi connectivity index (χ3n) is 3.47. The van der Waals surface area contributed by atoms with E-state index >= 15 is 0 Å². The maximum atomic E-state index is 12.0. The van der Waals surface area contributed by atoms with Crippen molar-refractivity contribution in [3.8, 4) is 5.88 Å². The topological polar surface area (TPSA) is 96.9 Å². The zero-order chi connectivity index (χ0) is 21.2. The highest BCUT2D eigenvalue weighted by Crippen LogP contribution is 2.09. The van der Waals surface area contributed by atoms with Crippen LogP contribution >= 0.6 is 0 Å². The molecule has 1 amide bonds. The van der Waals surface area contributed by atoms with Gasteiger partial charge in [0.05, 0.1) is 12.1 Å². The molecule has 0 radical (unpaired) electrons. The van der Waals surface area contributed by atoms with Gasteiger partial charge in [-0.15, -0.1) is 0 Å². The summed E-state index contributed by atoms with van der Waals surface area (Å²) in [6.07, 6.45) is 2.28. The first-order valence-electron chi connectivity index (χ1n) is 9.58. The van der Waals surface area contributed by atoms with Crippen molar-refractivity contribution in [1.29, 1.82) is 0 Å². The Morgan fingerprint density at radius 3 is 2.43 bits per heavy atom. The van der Waals surface area contributed by atoms with Gasteiger partial charge in [-0.25, -0.2) is 9.78 Å². The zero-order valence-corrected chi connectivity index (χ0v) is 18.2. The maximum absolute atomic E-state index is 12.0. The number of alkyl carbamates (subject to hydrolysis) is 1. The molecule has 0 atom stereocenters. The lowest BCUT2D eigenvalue weighted by Crippen LogP contribution is -2.54. The van der Waals surface area contributed by atoms with Gasteiger partial charge >= 0.3 is 6.09 Å². The second-order valence-corrected chi connectivity index (χ2v) is 8.14. The van der Waals surface area contributed by atoms with E-state index in [-0.39, 0.29) is 0 Å². The van der Waals surface area contributed by atoms with Gasteiger partial charge in [-0.1, -0.05) is 13.0 Å². The summed E-state index contributed by atoms with van der Waals surface area (Å²) in [5.74, 6) is 1.26. The monoisotopic (exact) mass is 393 g/mol. The Kier molecular flexibility index (Phi) is 9.02. The SMILES string of the molecule is CCCOc1ccc(CNC(=NC)NCC(C)(C)NC(=O)OC(C)(C)C)cn1. The van der Waals surface area contributed by atoms with Gasteiger partial charge in [0.1, 0.15) is 5.60 Å². The van der Waals surface area contributed by atoms with Crippen LogP contribution < -0.4 is 20.7 Å². The molecule has 0 spiro atoms. The molecule has 0 aliphatic rings. The van der Waals surface area contributed by atoms with Crippen LogP contribution in [0.1, 0.15) is 53.5 Å². The second kappa shape index (κ2) is 10.7. The molecule has 158 valence electrons. The number of aromatic nitrogens is 1. The lowest BCUT2D eigenvalue weighted by molar-refractivity contribution is 0.0474. The summed E-state index contributed by atoms with van der Waals surface area (Å²) in [6.45, 7) is 13.1.